The standard InChI is InChI=1S/C13H12F2N2O/c1-18-12-6-8(2-3-10(12)14)13(16)9-4-5-17-7-11(9)15/h2-7,13H,16H2,1H3. The van der Waals surface area contributed by atoms with Crippen molar-refractivity contribution in [3.8, 4) is 5.75 Å². The van der Waals surface area contributed by atoms with Gasteiger partial charge >= 0.3 is 0 Å². The molecule has 0 fully saturated rings. The van der Waals surface area contributed by atoms with Crippen LogP contribution in [0.2, 0.25) is 0 Å². The number of ether oxygens (including phenoxy) is 1. The van der Waals surface area contributed by atoms with Gasteiger partial charge in [-0.05, 0) is 23.8 Å². The van der Waals surface area contributed by atoms with E-state index in [2.05, 4.69) is 4.98 Å². The number of hydrogen-bond acceptors (Lipinski definition) is 3. The third-order valence-corrected chi connectivity index (χ3v) is 2.67. The number of rotatable bonds is 3. The molecule has 0 aliphatic carbocycles. The van der Waals surface area contributed by atoms with E-state index >= 15 is 0 Å². The van der Waals surface area contributed by atoms with Crippen molar-refractivity contribution in [1.82, 2.24) is 4.98 Å². The van der Waals surface area contributed by atoms with Crippen molar-refractivity contribution in [2.45, 2.75) is 6.04 Å². The second-order valence-corrected chi connectivity index (χ2v) is 3.77. The third kappa shape index (κ3) is 2.31. The lowest BCUT2D eigenvalue weighted by Crippen LogP contribution is -2.14. The van der Waals surface area contributed by atoms with E-state index in [0.29, 0.717) is 11.1 Å². The Morgan fingerprint density at radius 3 is 2.67 bits per heavy atom. The first-order chi connectivity index (χ1) is 8.63. The van der Waals surface area contributed by atoms with E-state index in [1.807, 2.05) is 0 Å². The number of pyridine rings is 1. The molecule has 0 amide bonds. The lowest BCUT2D eigenvalue weighted by atomic mass is 10.00. The van der Waals surface area contributed by atoms with Gasteiger partial charge in [0.15, 0.2) is 11.6 Å². The fraction of sp³-hybridized carbons (Fsp3) is 0.154. The summed E-state index contributed by atoms with van der Waals surface area (Å²) >= 11 is 0. The van der Waals surface area contributed by atoms with Gasteiger partial charge in [0.25, 0.3) is 0 Å². The molecular formula is C13H12F2N2O. The Morgan fingerprint density at radius 1 is 1.22 bits per heavy atom. The zero-order valence-electron chi connectivity index (χ0n) is 9.73. The Balaban J connectivity index is 2.40. The molecule has 2 rings (SSSR count). The normalized spacial score (nSPS) is 12.2. The first-order valence-corrected chi connectivity index (χ1v) is 5.32. The molecule has 0 saturated carbocycles. The number of benzene rings is 1. The maximum absolute atomic E-state index is 13.5. The van der Waals surface area contributed by atoms with Crippen molar-refractivity contribution in [2.24, 2.45) is 5.73 Å². The molecule has 1 aromatic heterocycles. The molecule has 3 nitrogen and oxygen atoms in total. The van der Waals surface area contributed by atoms with Crippen molar-refractivity contribution >= 4 is 0 Å². The molecule has 94 valence electrons. The molecule has 1 unspecified atom stereocenters. The van der Waals surface area contributed by atoms with Crippen molar-refractivity contribution in [1.29, 1.82) is 0 Å². The number of nitrogens with two attached hydrogens (primary N) is 1. The predicted octanol–water partition coefficient (Wildman–Crippen LogP) is 2.42. The molecule has 0 radical (unpaired) electrons. The zero-order chi connectivity index (χ0) is 13.1. The molecule has 0 bridgehead atoms. The number of aromatic nitrogens is 1. The Bertz CT molecular complexity index is 560. The van der Waals surface area contributed by atoms with Crippen LogP contribution in [0.25, 0.3) is 0 Å². The van der Waals surface area contributed by atoms with Crippen LogP contribution in [-0.4, -0.2) is 12.1 Å². The highest BCUT2D eigenvalue weighted by molar-refractivity contribution is 5.37. The third-order valence-electron chi connectivity index (χ3n) is 2.67. The Hall–Kier alpha value is -2.01. The first kappa shape index (κ1) is 12.4. The van der Waals surface area contributed by atoms with Crippen molar-refractivity contribution in [3.05, 3.63) is 59.4 Å². The average Bonchev–Trinajstić information content (AvgIpc) is 2.39. The van der Waals surface area contributed by atoms with Crippen molar-refractivity contribution in [3.63, 3.8) is 0 Å². The highest BCUT2D eigenvalue weighted by Gasteiger charge is 2.15. The molecule has 1 heterocycles. The van der Waals surface area contributed by atoms with Gasteiger partial charge in [-0.2, -0.15) is 0 Å². The molecule has 0 aliphatic heterocycles. The molecule has 1 aromatic carbocycles. The molecule has 0 saturated heterocycles. The Kier molecular flexibility index (Phi) is 3.53. The summed E-state index contributed by atoms with van der Waals surface area (Å²) in [7, 11) is 1.36. The molecule has 1 atom stereocenters. The van der Waals surface area contributed by atoms with E-state index in [-0.39, 0.29) is 5.75 Å². The summed E-state index contributed by atoms with van der Waals surface area (Å²) in [5, 5.41) is 0. The van der Waals surface area contributed by atoms with E-state index in [4.69, 9.17) is 10.5 Å². The predicted molar refractivity (Wildman–Crippen MR) is 63.2 cm³/mol. The van der Waals surface area contributed by atoms with Crippen LogP contribution in [0.4, 0.5) is 8.78 Å². The zero-order valence-corrected chi connectivity index (χ0v) is 9.73. The first-order valence-electron chi connectivity index (χ1n) is 5.32. The molecule has 0 spiro atoms. The average molecular weight is 250 g/mol. The number of nitrogens with zero attached hydrogens (tertiary/aromatic N) is 1. The topological polar surface area (TPSA) is 48.1 Å². The lowest BCUT2D eigenvalue weighted by Gasteiger charge is -2.14. The molecule has 0 aliphatic rings. The maximum atomic E-state index is 13.5. The Labute approximate surface area is 103 Å². The van der Waals surface area contributed by atoms with Crippen LogP contribution in [0.3, 0.4) is 0 Å². The van der Waals surface area contributed by atoms with Gasteiger partial charge in [0.05, 0.1) is 19.3 Å². The van der Waals surface area contributed by atoms with Crippen LogP contribution < -0.4 is 10.5 Å². The van der Waals surface area contributed by atoms with Gasteiger partial charge in [-0.3, -0.25) is 4.98 Å². The fourth-order valence-electron chi connectivity index (χ4n) is 1.69. The van der Waals surface area contributed by atoms with Gasteiger partial charge in [0, 0.05) is 11.8 Å². The summed E-state index contributed by atoms with van der Waals surface area (Å²) in [6, 6.07) is 5.01. The minimum absolute atomic E-state index is 0.0809. The number of methoxy groups -OCH3 is 1. The van der Waals surface area contributed by atoms with Gasteiger partial charge < -0.3 is 10.5 Å². The van der Waals surface area contributed by atoms with Crippen LogP contribution in [0.15, 0.2) is 36.7 Å². The van der Waals surface area contributed by atoms with Crippen LogP contribution in [0, 0.1) is 11.6 Å². The summed E-state index contributed by atoms with van der Waals surface area (Å²) in [5.74, 6) is -0.894. The fourth-order valence-corrected chi connectivity index (χ4v) is 1.69. The summed E-state index contributed by atoms with van der Waals surface area (Å²) in [6.45, 7) is 0. The summed E-state index contributed by atoms with van der Waals surface area (Å²) in [6.07, 6.45) is 2.55. The molecule has 5 heteroatoms. The molecule has 2 N–H and O–H groups in total. The van der Waals surface area contributed by atoms with Gasteiger partial charge in [-0.25, -0.2) is 8.78 Å². The van der Waals surface area contributed by atoms with Gasteiger partial charge in [-0.15, -0.1) is 0 Å². The number of hydrogen-bond donors (Lipinski definition) is 1. The largest absolute Gasteiger partial charge is 0.494 e. The monoisotopic (exact) mass is 250 g/mol. The SMILES string of the molecule is COc1cc(C(N)c2ccncc2F)ccc1F. The quantitative estimate of drug-likeness (QED) is 0.910. The van der Waals surface area contributed by atoms with Gasteiger partial charge in [-0.1, -0.05) is 6.07 Å². The van der Waals surface area contributed by atoms with Crippen LogP contribution in [-0.2, 0) is 0 Å². The smallest absolute Gasteiger partial charge is 0.165 e. The maximum Gasteiger partial charge on any atom is 0.165 e. The summed E-state index contributed by atoms with van der Waals surface area (Å²) in [5.41, 5.74) is 6.82. The van der Waals surface area contributed by atoms with Crippen LogP contribution in [0.1, 0.15) is 17.2 Å². The highest BCUT2D eigenvalue weighted by atomic mass is 19.1. The summed E-state index contributed by atoms with van der Waals surface area (Å²) in [4.78, 5) is 3.65. The van der Waals surface area contributed by atoms with Crippen LogP contribution in [0.5, 0.6) is 5.75 Å². The van der Waals surface area contributed by atoms with E-state index in [1.54, 1.807) is 0 Å². The Morgan fingerprint density at radius 2 is 2.00 bits per heavy atom. The van der Waals surface area contributed by atoms with Crippen molar-refractivity contribution in [2.75, 3.05) is 7.11 Å². The lowest BCUT2D eigenvalue weighted by molar-refractivity contribution is 0.385. The molecule has 18 heavy (non-hydrogen) atoms. The minimum atomic E-state index is -0.692. The summed E-state index contributed by atoms with van der Waals surface area (Å²) < 4.78 is 31.7. The van der Waals surface area contributed by atoms with Gasteiger partial charge in [0.2, 0.25) is 0 Å². The van der Waals surface area contributed by atoms with Crippen LogP contribution >= 0.6 is 0 Å². The van der Waals surface area contributed by atoms with E-state index in [1.165, 1.54) is 37.6 Å². The van der Waals surface area contributed by atoms with Crippen molar-refractivity contribution < 1.29 is 13.5 Å². The number of halogens is 2. The molecular weight excluding hydrogens is 238 g/mol. The highest BCUT2D eigenvalue weighted by Crippen LogP contribution is 2.26. The van der Waals surface area contributed by atoms with E-state index in [0.717, 1.165) is 6.20 Å². The van der Waals surface area contributed by atoms with E-state index in [9.17, 15) is 8.78 Å². The second kappa shape index (κ2) is 5.10. The minimum Gasteiger partial charge on any atom is -0.494 e. The second-order valence-electron chi connectivity index (χ2n) is 3.77. The van der Waals surface area contributed by atoms with Gasteiger partial charge in [0.1, 0.15) is 5.82 Å². The molecule has 2 aromatic rings. The van der Waals surface area contributed by atoms with E-state index < -0.39 is 17.7 Å².